The number of rotatable bonds is 9. The fourth-order valence-electron chi connectivity index (χ4n) is 2.30. The minimum Gasteiger partial charge on any atom is -0.497 e. The number of benzene rings is 2. The van der Waals surface area contributed by atoms with Gasteiger partial charge in [0.1, 0.15) is 5.75 Å². The summed E-state index contributed by atoms with van der Waals surface area (Å²) >= 11 is 0. The summed E-state index contributed by atoms with van der Waals surface area (Å²) in [5.41, 5.74) is 4.15. The van der Waals surface area contributed by atoms with E-state index in [1.54, 1.807) is 20.4 Å². The van der Waals surface area contributed by atoms with Gasteiger partial charge in [0, 0.05) is 5.56 Å². The molecule has 2 rings (SSSR count). The van der Waals surface area contributed by atoms with Crippen LogP contribution >= 0.6 is 0 Å². The van der Waals surface area contributed by atoms with Crippen molar-refractivity contribution in [3.8, 4) is 17.2 Å². The number of carbonyl (C=O) groups is 1. The number of para-hydroxylation sites is 1. The van der Waals surface area contributed by atoms with E-state index < -0.39 is 0 Å². The predicted octanol–water partition coefficient (Wildman–Crippen LogP) is 3.19. The summed E-state index contributed by atoms with van der Waals surface area (Å²) in [5, 5.41) is 4.03. The fraction of sp³-hybridized carbons (Fsp3) is 0.300. The lowest BCUT2D eigenvalue weighted by atomic mass is 10.1. The third-order valence-corrected chi connectivity index (χ3v) is 3.60. The Bertz CT molecular complexity index is 742. The van der Waals surface area contributed by atoms with Gasteiger partial charge in [0.25, 0.3) is 0 Å². The van der Waals surface area contributed by atoms with Gasteiger partial charge in [0.2, 0.25) is 5.91 Å². The third kappa shape index (κ3) is 5.51. The predicted molar refractivity (Wildman–Crippen MR) is 101 cm³/mol. The molecule has 0 bridgehead atoms. The van der Waals surface area contributed by atoms with Gasteiger partial charge in [-0.1, -0.05) is 25.1 Å². The zero-order chi connectivity index (χ0) is 18.8. The Morgan fingerprint density at radius 1 is 1.12 bits per heavy atom. The summed E-state index contributed by atoms with van der Waals surface area (Å²) in [4.78, 5) is 12.0. The number of hydrogen-bond donors (Lipinski definition) is 1. The third-order valence-electron chi connectivity index (χ3n) is 3.60. The first-order valence-electron chi connectivity index (χ1n) is 8.42. The summed E-state index contributed by atoms with van der Waals surface area (Å²) < 4.78 is 16.2. The molecule has 2 aromatic rings. The first kappa shape index (κ1) is 19.3. The maximum absolute atomic E-state index is 12.0. The first-order chi connectivity index (χ1) is 12.7. The van der Waals surface area contributed by atoms with Gasteiger partial charge in [0.15, 0.2) is 11.5 Å². The molecule has 0 saturated heterocycles. The molecule has 1 amide bonds. The molecule has 2 aromatic carbocycles. The molecule has 0 fully saturated rings. The van der Waals surface area contributed by atoms with E-state index in [0.29, 0.717) is 18.1 Å². The molecule has 6 nitrogen and oxygen atoms in total. The number of nitrogens with one attached hydrogen (secondary N) is 1. The van der Waals surface area contributed by atoms with Gasteiger partial charge in [0.05, 0.1) is 33.5 Å². The smallest absolute Gasteiger partial charge is 0.244 e. The van der Waals surface area contributed by atoms with Crippen molar-refractivity contribution >= 4 is 12.1 Å². The van der Waals surface area contributed by atoms with Crippen LogP contribution in [0.5, 0.6) is 17.2 Å². The fourth-order valence-corrected chi connectivity index (χ4v) is 2.30. The summed E-state index contributed by atoms with van der Waals surface area (Å²) in [6, 6.07) is 12.9. The van der Waals surface area contributed by atoms with Crippen molar-refractivity contribution in [2.24, 2.45) is 5.10 Å². The maximum atomic E-state index is 12.0. The van der Waals surface area contributed by atoms with Crippen molar-refractivity contribution in [2.75, 3.05) is 20.8 Å². The molecule has 0 saturated carbocycles. The molecule has 1 N–H and O–H groups in total. The van der Waals surface area contributed by atoms with Crippen LogP contribution in [0, 0.1) is 0 Å². The molecule has 138 valence electrons. The lowest BCUT2D eigenvalue weighted by Crippen LogP contribution is -2.19. The topological polar surface area (TPSA) is 69.2 Å². The van der Waals surface area contributed by atoms with Crippen LogP contribution in [0.4, 0.5) is 0 Å². The normalized spacial score (nSPS) is 10.6. The van der Waals surface area contributed by atoms with E-state index >= 15 is 0 Å². The van der Waals surface area contributed by atoms with Gasteiger partial charge in [-0.15, -0.1) is 0 Å². The highest BCUT2D eigenvalue weighted by atomic mass is 16.5. The second-order valence-electron chi connectivity index (χ2n) is 5.55. The summed E-state index contributed by atoms with van der Waals surface area (Å²) in [6.45, 7) is 2.60. The first-order valence-corrected chi connectivity index (χ1v) is 8.42. The number of ether oxygens (including phenoxy) is 3. The molecule has 0 spiro atoms. The van der Waals surface area contributed by atoms with Gasteiger partial charge in [-0.25, -0.2) is 5.43 Å². The van der Waals surface area contributed by atoms with Crippen LogP contribution in [0.25, 0.3) is 0 Å². The van der Waals surface area contributed by atoms with Gasteiger partial charge in [-0.05, 0) is 36.2 Å². The van der Waals surface area contributed by atoms with Gasteiger partial charge in [-0.2, -0.15) is 5.10 Å². The van der Waals surface area contributed by atoms with Crippen LogP contribution in [0.15, 0.2) is 47.6 Å². The Morgan fingerprint density at radius 2 is 1.88 bits per heavy atom. The Hall–Kier alpha value is -3.02. The Kier molecular flexibility index (Phi) is 7.49. The number of hydrogen-bond acceptors (Lipinski definition) is 5. The van der Waals surface area contributed by atoms with E-state index in [1.165, 1.54) is 0 Å². The van der Waals surface area contributed by atoms with Crippen LogP contribution in [0.1, 0.15) is 24.5 Å². The Morgan fingerprint density at radius 3 is 2.54 bits per heavy atom. The standard InChI is InChI=1S/C20H24N2O4/c1-4-12-26-20-16(6-5-7-18(20)25-3)14-21-22-19(23)13-15-8-10-17(24-2)11-9-15/h5-11,14H,4,12-13H2,1-3H3,(H,22,23)/b21-14-. The molecule has 0 heterocycles. The van der Waals surface area contributed by atoms with Gasteiger partial charge in [-0.3, -0.25) is 4.79 Å². The number of hydrazone groups is 1. The molecule has 0 atom stereocenters. The second-order valence-corrected chi connectivity index (χ2v) is 5.55. The number of methoxy groups -OCH3 is 2. The van der Waals surface area contributed by atoms with Crippen LogP contribution in [0.2, 0.25) is 0 Å². The van der Waals surface area contributed by atoms with E-state index in [-0.39, 0.29) is 12.3 Å². The van der Waals surface area contributed by atoms with E-state index in [1.807, 2.05) is 49.4 Å². The molecule has 0 aliphatic rings. The minimum absolute atomic E-state index is 0.203. The van der Waals surface area contributed by atoms with Crippen LogP contribution < -0.4 is 19.6 Å². The van der Waals surface area contributed by atoms with Gasteiger partial charge < -0.3 is 14.2 Å². The molecule has 0 aliphatic heterocycles. The minimum atomic E-state index is -0.203. The van der Waals surface area contributed by atoms with E-state index in [4.69, 9.17) is 14.2 Å². The molecule has 26 heavy (non-hydrogen) atoms. The van der Waals surface area contributed by atoms with Crippen LogP contribution in [-0.4, -0.2) is 32.9 Å². The van der Waals surface area contributed by atoms with Crippen molar-refractivity contribution in [1.29, 1.82) is 0 Å². The lowest BCUT2D eigenvalue weighted by Gasteiger charge is -2.12. The van der Waals surface area contributed by atoms with Crippen molar-refractivity contribution in [1.82, 2.24) is 5.43 Å². The highest BCUT2D eigenvalue weighted by Crippen LogP contribution is 2.30. The lowest BCUT2D eigenvalue weighted by molar-refractivity contribution is -0.120. The SMILES string of the molecule is CCCOc1c(/C=N\NC(=O)Cc2ccc(OC)cc2)cccc1OC. The highest BCUT2D eigenvalue weighted by Gasteiger charge is 2.09. The van der Waals surface area contributed by atoms with E-state index in [0.717, 1.165) is 23.3 Å². The molecule has 6 heteroatoms. The largest absolute Gasteiger partial charge is 0.497 e. The maximum Gasteiger partial charge on any atom is 0.244 e. The van der Waals surface area contributed by atoms with Crippen molar-refractivity contribution in [3.63, 3.8) is 0 Å². The van der Waals surface area contributed by atoms with Crippen molar-refractivity contribution in [3.05, 3.63) is 53.6 Å². The van der Waals surface area contributed by atoms with Crippen molar-refractivity contribution < 1.29 is 19.0 Å². The summed E-state index contributed by atoms with van der Waals surface area (Å²) in [7, 11) is 3.19. The molecule has 0 radical (unpaired) electrons. The quantitative estimate of drug-likeness (QED) is 0.553. The Labute approximate surface area is 153 Å². The molecule has 0 aliphatic carbocycles. The van der Waals surface area contributed by atoms with Gasteiger partial charge >= 0.3 is 0 Å². The summed E-state index contributed by atoms with van der Waals surface area (Å²) in [6.07, 6.45) is 2.67. The highest BCUT2D eigenvalue weighted by molar-refractivity contribution is 5.86. The zero-order valence-corrected chi connectivity index (χ0v) is 15.3. The summed E-state index contributed by atoms with van der Waals surface area (Å²) in [5.74, 6) is 1.80. The number of carbonyl (C=O) groups excluding carboxylic acids is 1. The van der Waals surface area contributed by atoms with E-state index in [2.05, 4.69) is 10.5 Å². The molecular weight excluding hydrogens is 332 g/mol. The van der Waals surface area contributed by atoms with E-state index in [9.17, 15) is 4.79 Å². The molecule has 0 aromatic heterocycles. The number of amides is 1. The monoisotopic (exact) mass is 356 g/mol. The molecular formula is C20H24N2O4. The van der Waals surface area contributed by atoms with Crippen LogP contribution in [-0.2, 0) is 11.2 Å². The zero-order valence-electron chi connectivity index (χ0n) is 15.3. The van der Waals surface area contributed by atoms with Crippen molar-refractivity contribution in [2.45, 2.75) is 19.8 Å². The average molecular weight is 356 g/mol. The van der Waals surface area contributed by atoms with Crippen LogP contribution in [0.3, 0.4) is 0 Å². The average Bonchev–Trinajstić information content (AvgIpc) is 2.67. The molecule has 0 unspecified atom stereocenters. The second kappa shape index (κ2) is 10.1. The Balaban J connectivity index is 1.99. The number of nitrogens with zero attached hydrogens (tertiary/aromatic N) is 1.